The van der Waals surface area contributed by atoms with Crippen molar-refractivity contribution in [2.75, 3.05) is 6.79 Å². The number of carbonyl (C=O) groups excluding carboxylic acids is 1. The average molecular weight is 614 g/mol. The molecule has 9 nitrogen and oxygen atoms in total. The van der Waals surface area contributed by atoms with Gasteiger partial charge in [0.1, 0.15) is 11.5 Å². The normalized spacial score (nSPS) is 12.9. The molecule has 5 aromatic rings. The number of halogens is 4. The van der Waals surface area contributed by atoms with E-state index in [0.717, 1.165) is 30.3 Å². The minimum absolute atomic E-state index is 0.0279. The van der Waals surface area contributed by atoms with E-state index in [0.29, 0.717) is 5.75 Å². The van der Waals surface area contributed by atoms with E-state index in [-0.39, 0.29) is 51.6 Å². The third-order valence-corrected chi connectivity index (χ3v) is 8.19. The highest BCUT2D eigenvalue weighted by atomic mass is 32.2. The smallest absolute Gasteiger partial charge is 0.416 e. The van der Waals surface area contributed by atoms with Crippen molar-refractivity contribution < 1.29 is 40.2 Å². The minimum Gasteiger partial charge on any atom is -0.454 e. The third-order valence-electron chi connectivity index (χ3n) is 6.86. The zero-order chi connectivity index (χ0) is 30.5. The summed E-state index contributed by atoms with van der Waals surface area (Å²) in [6, 6.07) is 14.5. The molecule has 0 atom stereocenters. The number of fused-ring (bicyclic) bond motifs is 2. The van der Waals surface area contributed by atoms with Crippen molar-refractivity contribution in [1.29, 1.82) is 0 Å². The molecule has 0 radical (unpaired) electrons. The van der Waals surface area contributed by atoms with Gasteiger partial charge in [0.25, 0.3) is 21.5 Å². The van der Waals surface area contributed by atoms with Crippen molar-refractivity contribution in [2.45, 2.75) is 17.6 Å². The van der Waals surface area contributed by atoms with Crippen LogP contribution >= 0.6 is 0 Å². The Bertz CT molecular complexity index is 2090. The molecule has 6 rings (SSSR count). The number of amides is 1. The van der Waals surface area contributed by atoms with Gasteiger partial charge in [0.2, 0.25) is 6.79 Å². The van der Waals surface area contributed by atoms with Crippen LogP contribution in [0.3, 0.4) is 0 Å². The van der Waals surface area contributed by atoms with E-state index < -0.39 is 44.7 Å². The van der Waals surface area contributed by atoms with Crippen LogP contribution in [-0.4, -0.2) is 30.7 Å². The van der Waals surface area contributed by atoms with Crippen molar-refractivity contribution in [3.8, 4) is 22.6 Å². The van der Waals surface area contributed by atoms with Crippen molar-refractivity contribution in [3.63, 3.8) is 0 Å². The summed E-state index contributed by atoms with van der Waals surface area (Å²) in [6.07, 6.45) is -3.50. The SMILES string of the molecule is O=C(NS(=O)(=O)c1ccc2c(c1)OCO2)c1c(-c2ccc[nH]c2=O)c2cc(C(F)(F)F)ccc2n1Cc1ccccc1F. The fourth-order valence-electron chi connectivity index (χ4n) is 4.89. The number of ether oxygens (including phenoxy) is 2. The Morgan fingerprint density at radius 1 is 0.977 bits per heavy atom. The van der Waals surface area contributed by atoms with Crippen LogP contribution in [0.15, 0.2) is 88.7 Å². The first-order valence-corrected chi connectivity index (χ1v) is 14.0. The molecule has 1 amide bonds. The second-order valence-electron chi connectivity index (χ2n) is 9.49. The highest BCUT2D eigenvalue weighted by Crippen LogP contribution is 2.39. The van der Waals surface area contributed by atoms with Gasteiger partial charge in [-0.3, -0.25) is 9.59 Å². The highest BCUT2D eigenvalue weighted by Gasteiger charge is 2.34. The molecule has 0 saturated carbocycles. The lowest BCUT2D eigenvalue weighted by atomic mass is 10.0. The summed E-state index contributed by atoms with van der Waals surface area (Å²) in [5, 5.41) is -0.173. The molecule has 2 aromatic heterocycles. The van der Waals surface area contributed by atoms with Gasteiger partial charge in [-0.25, -0.2) is 17.5 Å². The van der Waals surface area contributed by atoms with E-state index in [2.05, 4.69) is 4.98 Å². The van der Waals surface area contributed by atoms with E-state index >= 15 is 0 Å². The number of hydrogen-bond donors (Lipinski definition) is 2. The molecule has 0 bridgehead atoms. The molecular weight excluding hydrogens is 594 g/mol. The zero-order valence-corrected chi connectivity index (χ0v) is 22.6. The van der Waals surface area contributed by atoms with Crippen LogP contribution < -0.4 is 19.8 Å². The lowest BCUT2D eigenvalue weighted by Gasteiger charge is -2.14. The standard InChI is InChI=1S/C29H19F4N3O6S/c30-21-6-2-1-4-16(21)14-36-22-9-7-17(29(31,32)33)12-20(22)25(19-5-3-11-34-27(19)37)26(36)28(38)35-43(39,40)18-8-10-23-24(13-18)42-15-41-23/h1-13H,14-15H2,(H,34,37)(H,35,38). The van der Waals surface area contributed by atoms with Crippen LogP contribution in [0.5, 0.6) is 11.5 Å². The number of benzene rings is 3. The Balaban J connectivity index is 1.59. The van der Waals surface area contributed by atoms with Crippen molar-refractivity contribution in [1.82, 2.24) is 14.3 Å². The van der Waals surface area contributed by atoms with Gasteiger partial charge in [0.15, 0.2) is 11.5 Å². The van der Waals surface area contributed by atoms with E-state index in [9.17, 15) is 35.6 Å². The van der Waals surface area contributed by atoms with Gasteiger partial charge in [-0.15, -0.1) is 0 Å². The molecule has 220 valence electrons. The molecule has 3 heterocycles. The summed E-state index contributed by atoms with van der Waals surface area (Å²) in [6.45, 7) is -0.512. The number of alkyl halides is 3. The molecule has 1 aliphatic heterocycles. The Morgan fingerprint density at radius 3 is 2.49 bits per heavy atom. The van der Waals surface area contributed by atoms with Crippen LogP contribution in [0.1, 0.15) is 21.6 Å². The number of pyridine rings is 1. The molecule has 43 heavy (non-hydrogen) atoms. The zero-order valence-electron chi connectivity index (χ0n) is 21.7. The largest absolute Gasteiger partial charge is 0.454 e. The van der Waals surface area contributed by atoms with E-state index in [1.165, 1.54) is 53.2 Å². The number of nitrogens with zero attached hydrogens (tertiary/aromatic N) is 1. The summed E-state index contributed by atoms with van der Waals surface area (Å²) in [5.74, 6) is -1.52. The monoisotopic (exact) mass is 613 g/mol. The molecule has 0 fully saturated rings. The van der Waals surface area contributed by atoms with Gasteiger partial charge in [-0.05, 0) is 48.5 Å². The molecule has 14 heteroatoms. The second kappa shape index (κ2) is 10.3. The number of hydrogen-bond acceptors (Lipinski definition) is 6. The topological polar surface area (TPSA) is 119 Å². The molecule has 0 aliphatic carbocycles. The number of sulfonamides is 1. The maximum absolute atomic E-state index is 14.8. The van der Waals surface area contributed by atoms with Crippen molar-refractivity contribution in [3.05, 3.63) is 112 Å². The van der Waals surface area contributed by atoms with Crippen LogP contribution in [0.2, 0.25) is 0 Å². The second-order valence-corrected chi connectivity index (χ2v) is 11.2. The number of H-pyrrole nitrogens is 1. The first kappa shape index (κ1) is 28.0. The number of aromatic amines is 1. The molecule has 0 saturated heterocycles. The number of aromatic nitrogens is 2. The van der Waals surface area contributed by atoms with Gasteiger partial charge >= 0.3 is 6.18 Å². The van der Waals surface area contributed by atoms with E-state index in [4.69, 9.17) is 9.47 Å². The lowest BCUT2D eigenvalue weighted by molar-refractivity contribution is -0.137. The third kappa shape index (κ3) is 5.09. The van der Waals surface area contributed by atoms with Crippen LogP contribution in [-0.2, 0) is 22.7 Å². The van der Waals surface area contributed by atoms with Gasteiger partial charge in [0, 0.05) is 39.9 Å². The van der Waals surface area contributed by atoms with Crippen LogP contribution in [0, 0.1) is 5.82 Å². The quantitative estimate of drug-likeness (QED) is 0.259. The summed E-state index contributed by atoms with van der Waals surface area (Å²) in [5.41, 5.74) is -2.68. The van der Waals surface area contributed by atoms with Gasteiger partial charge < -0.3 is 19.0 Å². The Morgan fingerprint density at radius 2 is 1.74 bits per heavy atom. The maximum atomic E-state index is 14.8. The molecular formula is C29H19F4N3O6S. The predicted octanol–water partition coefficient (Wildman–Crippen LogP) is 5.05. The predicted molar refractivity (Wildman–Crippen MR) is 146 cm³/mol. The van der Waals surface area contributed by atoms with E-state index in [1.807, 2.05) is 4.72 Å². The Hall–Kier alpha value is -5.11. The highest BCUT2D eigenvalue weighted by molar-refractivity contribution is 7.90. The number of nitrogens with one attached hydrogen (secondary N) is 2. The van der Waals surface area contributed by atoms with Crippen molar-refractivity contribution in [2.24, 2.45) is 0 Å². The van der Waals surface area contributed by atoms with Gasteiger partial charge in [-0.2, -0.15) is 13.2 Å². The maximum Gasteiger partial charge on any atom is 0.416 e. The number of carbonyl (C=O) groups is 1. The van der Waals surface area contributed by atoms with Gasteiger partial charge in [-0.1, -0.05) is 18.2 Å². The van der Waals surface area contributed by atoms with Crippen LogP contribution in [0.25, 0.3) is 22.0 Å². The first-order chi connectivity index (χ1) is 20.4. The molecule has 3 aromatic carbocycles. The molecule has 0 unspecified atom stereocenters. The first-order valence-electron chi connectivity index (χ1n) is 12.6. The summed E-state index contributed by atoms with van der Waals surface area (Å²) in [7, 11) is -4.59. The molecule has 0 spiro atoms. The Kier molecular flexibility index (Phi) is 6.72. The minimum atomic E-state index is -4.78. The van der Waals surface area contributed by atoms with Crippen LogP contribution in [0.4, 0.5) is 17.6 Å². The Labute approximate surface area is 240 Å². The summed E-state index contributed by atoms with van der Waals surface area (Å²) in [4.78, 5) is 28.9. The van der Waals surface area contributed by atoms with Crippen molar-refractivity contribution >= 4 is 26.8 Å². The fraction of sp³-hybridized carbons (Fsp3) is 0.103. The lowest BCUT2D eigenvalue weighted by Crippen LogP contribution is -2.33. The van der Waals surface area contributed by atoms with E-state index in [1.54, 1.807) is 0 Å². The number of rotatable bonds is 6. The summed E-state index contributed by atoms with van der Waals surface area (Å²) < 4.78 is 96.4. The average Bonchev–Trinajstić information content (AvgIpc) is 3.56. The van der Waals surface area contributed by atoms with Gasteiger partial charge in [0.05, 0.1) is 17.0 Å². The fourth-order valence-corrected chi connectivity index (χ4v) is 5.86. The molecule has 2 N–H and O–H groups in total. The molecule has 1 aliphatic rings. The summed E-state index contributed by atoms with van der Waals surface area (Å²) >= 11 is 0.